The second kappa shape index (κ2) is 10.3. The van der Waals surface area contributed by atoms with Crippen molar-refractivity contribution in [3.8, 4) is 0 Å². The maximum atomic E-state index is 12.2. The van der Waals surface area contributed by atoms with Crippen molar-refractivity contribution in [3.05, 3.63) is 59.7 Å². The Morgan fingerprint density at radius 1 is 1.07 bits per heavy atom. The van der Waals surface area contributed by atoms with E-state index in [0.717, 1.165) is 29.9 Å². The topological polar surface area (TPSA) is 67.9 Å². The van der Waals surface area contributed by atoms with Gasteiger partial charge in [-0.3, -0.25) is 10.1 Å². The maximum Gasteiger partial charge on any atom is 0.411 e. The monoisotopic (exact) mass is 384 g/mol. The number of anilines is 2. The zero-order valence-electron chi connectivity index (χ0n) is 16.9. The number of carbonyl (C=O) groups excluding carboxylic acids is 2. The van der Waals surface area contributed by atoms with Crippen LogP contribution < -0.4 is 10.2 Å². The number of nitrogens with one attached hydrogen (secondary N) is 1. The van der Waals surface area contributed by atoms with Crippen molar-refractivity contribution >= 4 is 23.4 Å². The fourth-order valence-electron chi connectivity index (χ4n) is 3.01. The zero-order chi connectivity index (χ0) is 20.5. The third-order valence-electron chi connectivity index (χ3n) is 4.64. The van der Waals surface area contributed by atoms with E-state index in [0.29, 0.717) is 5.69 Å². The van der Waals surface area contributed by atoms with E-state index in [1.807, 2.05) is 43.3 Å². The number of carbonyl (C=O) groups is 2. The highest BCUT2D eigenvalue weighted by atomic mass is 16.6. The van der Waals surface area contributed by atoms with Gasteiger partial charge >= 0.3 is 12.1 Å². The first-order valence-corrected chi connectivity index (χ1v) is 9.42. The molecule has 0 fully saturated rings. The summed E-state index contributed by atoms with van der Waals surface area (Å²) in [4.78, 5) is 26.5. The lowest BCUT2D eigenvalue weighted by atomic mass is 10.0. The molecule has 28 heavy (non-hydrogen) atoms. The minimum atomic E-state index is -0.664. The SMILES string of the molecule is CCN(CC)c1ccc(NC(=O)OCC(C(=O)OC)c2ccccc2)c(C)c1. The van der Waals surface area contributed by atoms with Crippen molar-refractivity contribution in [2.24, 2.45) is 0 Å². The quantitative estimate of drug-likeness (QED) is 0.686. The molecule has 6 heteroatoms. The fourth-order valence-corrected chi connectivity index (χ4v) is 3.01. The summed E-state index contributed by atoms with van der Waals surface area (Å²) >= 11 is 0. The third kappa shape index (κ3) is 5.49. The molecule has 2 aromatic rings. The van der Waals surface area contributed by atoms with E-state index in [1.165, 1.54) is 7.11 Å². The highest BCUT2D eigenvalue weighted by Crippen LogP contribution is 2.23. The summed E-state index contributed by atoms with van der Waals surface area (Å²) in [5.74, 6) is -1.11. The van der Waals surface area contributed by atoms with Gasteiger partial charge in [0, 0.05) is 24.5 Å². The Labute approximate surface area is 166 Å². The number of rotatable bonds is 8. The van der Waals surface area contributed by atoms with Crippen molar-refractivity contribution in [1.82, 2.24) is 0 Å². The molecule has 0 saturated carbocycles. The minimum absolute atomic E-state index is 0.0981. The first-order chi connectivity index (χ1) is 13.5. The zero-order valence-corrected chi connectivity index (χ0v) is 16.9. The van der Waals surface area contributed by atoms with Gasteiger partial charge in [0.2, 0.25) is 0 Å². The van der Waals surface area contributed by atoms with Gasteiger partial charge in [-0.2, -0.15) is 0 Å². The van der Waals surface area contributed by atoms with Gasteiger partial charge in [0.15, 0.2) is 0 Å². The van der Waals surface area contributed by atoms with Crippen LogP contribution in [0.2, 0.25) is 0 Å². The van der Waals surface area contributed by atoms with Crippen LogP contribution in [0.4, 0.5) is 16.2 Å². The van der Waals surface area contributed by atoms with Gasteiger partial charge in [0.1, 0.15) is 12.5 Å². The molecule has 0 saturated heterocycles. The predicted octanol–water partition coefficient (Wildman–Crippen LogP) is 4.35. The van der Waals surface area contributed by atoms with Crippen LogP contribution in [0.3, 0.4) is 0 Å². The van der Waals surface area contributed by atoms with Crippen LogP contribution in [0.15, 0.2) is 48.5 Å². The lowest BCUT2D eigenvalue weighted by Crippen LogP contribution is -2.24. The van der Waals surface area contributed by atoms with Crippen molar-refractivity contribution in [2.45, 2.75) is 26.7 Å². The average Bonchev–Trinajstić information content (AvgIpc) is 2.71. The summed E-state index contributed by atoms with van der Waals surface area (Å²) in [6, 6.07) is 15.0. The molecule has 0 radical (unpaired) electrons. The molecule has 0 aromatic heterocycles. The van der Waals surface area contributed by atoms with Gasteiger partial charge in [0.25, 0.3) is 0 Å². The van der Waals surface area contributed by atoms with Crippen LogP contribution >= 0.6 is 0 Å². The fraction of sp³-hybridized carbons (Fsp3) is 0.364. The van der Waals surface area contributed by atoms with E-state index in [2.05, 4.69) is 24.1 Å². The van der Waals surface area contributed by atoms with Crippen LogP contribution in [0.25, 0.3) is 0 Å². The summed E-state index contributed by atoms with van der Waals surface area (Å²) < 4.78 is 10.1. The van der Waals surface area contributed by atoms with Gasteiger partial charge in [-0.25, -0.2) is 4.79 Å². The lowest BCUT2D eigenvalue weighted by molar-refractivity contribution is -0.143. The van der Waals surface area contributed by atoms with Crippen molar-refractivity contribution in [3.63, 3.8) is 0 Å². The molecular formula is C22H28N2O4. The molecular weight excluding hydrogens is 356 g/mol. The van der Waals surface area contributed by atoms with E-state index in [9.17, 15) is 9.59 Å². The van der Waals surface area contributed by atoms with Gasteiger partial charge in [-0.05, 0) is 50.1 Å². The average molecular weight is 384 g/mol. The third-order valence-corrected chi connectivity index (χ3v) is 4.64. The minimum Gasteiger partial charge on any atom is -0.468 e. The number of aryl methyl sites for hydroxylation is 1. The first kappa shape index (κ1) is 21.3. The van der Waals surface area contributed by atoms with Gasteiger partial charge in [-0.1, -0.05) is 30.3 Å². The summed E-state index contributed by atoms with van der Waals surface area (Å²) in [5, 5.41) is 2.74. The molecule has 2 aromatic carbocycles. The summed E-state index contributed by atoms with van der Waals surface area (Å²) in [6.07, 6.45) is -0.608. The Kier molecular flexibility index (Phi) is 7.87. The van der Waals surface area contributed by atoms with Crippen LogP contribution in [0.5, 0.6) is 0 Å². The van der Waals surface area contributed by atoms with Crippen LogP contribution in [-0.4, -0.2) is 38.9 Å². The standard InChI is InChI=1S/C22H28N2O4/c1-5-24(6-2)18-12-13-20(16(3)14-18)23-22(26)28-15-19(21(25)27-4)17-10-8-7-9-11-17/h7-14,19H,5-6,15H2,1-4H3,(H,23,26). The van der Waals surface area contributed by atoms with Crippen molar-refractivity contribution < 1.29 is 19.1 Å². The Bertz CT molecular complexity index is 788. The Hall–Kier alpha value is -3.02. The number of ether oxygens (including phenoxy) is 2. The second-order valence-electron chi connectivity index (χ2n) is 6.38. The summed E-state index contributed by atoms with van der Waals surface area (Å²) in [5.41, 5.74) is 3.46. The number of amides is 1. The first-order valence-electron chi connectivity index (χ1n) is 9.42. The summed E-state index contributed by atoms with van der Waals surface area (Å²) in [6.45, 7) is 7.88. The number of benzene rings is 2. The molecule has 6 nitrogen and oxygen atoms in total. The van der Waals surface area contributed by atoms with Crippen molar-refractivity contribution in [1.29, 1.82) is 0 Å². The van der Waals surface area contributed by atoms with E-state index >= 15 is 0 Å². The van der Waals surface area contributed by atoms with E-state index in [1.54, 1.807) is 12.1 Å². The Morgan fingerprint density at radius 2 is 1.75 bits per heavy atom. The van der Waals surface area contributed by atoms with Gasteiger partial charge in [0.05, 0.1) is 7.11 Å². The molecule has 1 amide bonds. The molecule has 2 rings (SSSR count). The number of hydrogen-bond donors (Lipinski definition) is 1. The largest absolute Gasteiger partial charge is 0.468 e. The smallest absolute Gasteiger partial charge is 0.411 e. The molecule has 1 unspecified atom stereocenters. The van der Waals surface area contributed by atoms with Crippen LogP contribution in [0.1, 0.15) is 30.9 Å². The highest BCUT2D eigenvalue weighted by molar-refractivity contribution is 5.86. The molecule has 0 aliphatic carbocycles. The molecule has 1 N–H and O–H groups in total. The molecule has 0 heterocycles. The molecule has 0 spiro atoms. The second-order valence-corrected chi connectivity index (χ2v) is 6.38. The lowest BCUT2D eigenvalue weighted by Gasteiger charge is -2.22. The molecule has 150 valence electrons. The number of methoxy groups -OCH3 is 1. The van der Waals surface area contributed by atoms with Crippen LogP contribution in [-0.2, 0) is 14.3 Å². The molecule has 1 atom stereocenters. The van der Waals surface area contributed by atoms with Gasteiger partial charge < -0.3 is 14.4 Å². The number of hydrogen-bond acceptors (Lipinski definition) is 5. The van der Waals surface area contributed by atoms with E-state index < -0.39 is 18.0 Å². The maximum absolute atomic E-state index is 12.2. The Morgan fingerprint density at radius 3 is 2.32 bits per heavy atom. The van der Waals surface area contributed by atoms with Gasteiger partial charge in [-0.15, -0.1) is 0 Å². The van der Waals surface area contributed by atoms with Crippen molar-refractivity contribution in [2.75, 3.05) is 37.0 Å². The van der Waals surface area contributed by atoms with E-state index in [-0.39, 0.29) is 6.61 Å². The molecule has 0 aliphatic rings. The highest BCUT2D eigenvalue weighted by Gasteiger charge is 2.23. The summed E-state index contributed by atoms with van der Waals surface area (Å²) in [7, 11) is 1.32. The number of esters is 1. The van der Waals surface area contributed by atoms with E-state index in [4.69, 9.17) is 9.47 Å². The molecule has 0 bridgehead atoms. The Balaban J connectivity index is 2.02. The normalized spacial score (nSPS) is 11.4. The molecule has 0 aliphatic heterocycles. The van der Waals surface area contributed by atoms with Crippen LogP contribution in [0, 0.1) is 6.92 Å². The predicted molar refractivity (Wildman–Crippen MR) is 111 cm³/mol. The number of nitrogens with zero attached hydrogens (tertiary/aromatic N) is 1.